The molecule has 16 heteroatoms. The number of fused-ring (bicyclic) bond motifs is 5. The van der Waals surface area contributed by atoms with Crippen molar-refractivity contribution in [2.75, 3.05) is 6.61 Å². The molecule has 1 saturated heterocycles. The van der Waals surface area contributed by atoms with Crippen LogP contribution < -0.4 is 5.32 Å². The Labute approximate surface area is 358 Å². The first kappa shape index (κ1) is 46.9. The summed E-state index contributed by atoms with van der Waals surface area (Å²) in [5, 5.41) is 40.3. The molecule has 5 fully saturated rings. The number of ketones is 1. The van der Waals surface area contributed by atoms with E-state index in [1.807, 2.05) is 0 Å². The summed E-state index contributed by atoms with van der Waals surface area (Å²) in [6.07, 6.45) is -3.39. The number of hydrogen-bond donors (Lipinski definition) is 4. The highest BCUT2D eigenvalue weighted by Gasteiger charge is 2.78. The first-order chi connectivity index (χ1) is 28.4. The van der Waals surface area contributed by atoms with Crippen molar-refractivity contribution in [3.63, 3.8) is 0 Å². The van der Waals surface area contributed by atoms with Gasteiger partial charge in [-0.3, -0.25) is 19.2 Å². The summed E-state index contributed by atoms with van der Waals surface area (Å²) in [6.45, 7) is 13.4. The molecule has 0 aromatic heterocycles. The zero-order valence-electron chi connectivity index (χ0n) is 37.2. The number of carbonyl (C=O) groups excluding carboxylic acids is 6. The van der Waals surface area contributed by atoms with E-state index >= 15 is 4.79 Å². The van der Waals surface area contributed by atoms with Gasteiger partial charge in [-0.2, -0.15) is 0 Å². The molecular formula is C45H67NO15. The fraction of sp³-hybridized carbons (Fsp3) is 0.822. The standard InChI is InChI=1S/C45H67NO15/c1-23-28(58-39(53)33(50)32(26-16-12-10-13-17-26)46-40(54)61-41(4,5)6)21-45(55)37(59-38(52)27-18-14-11-15-19-27)35-43(9,29(49)20-30-44(35,22-56-30)60-25(3)48)36(51)34(57-24(2)47)31(23)42(45,7)8/h26-30,32-35,37,49-50,55H,10-22H2,1-9H3,(H,46,54)/t28-,29-,30+,32-,33+,34+,35?,37-,43+,44-,45+/m0/s1. The zero-order chi connectivity index (χ0) is 45.0. The highest BCUT2D eigenvalue weighted by atomic mass is 16.6. The normalized spacial score (nSPS) is 36.3. The SMILES string of the molecule is CC(=O)O[C@H]1C(=O)[C@@]2(C)C([C@H](OC(=O)C3CCCCC3)[C@]3(O)C[C@H](OC(=O)[C@H](O)[C@@H](NC(=O)OC(C)(C)C)C4CCCCC4)C(C)=C1C3(C)C)[C@]1(OC(C)=O)CO[C@@H]1C[C@@H]2O. The van der Waals surface area contributed by atoms with Gasteiger partial charge in [-0.15, -0.1) is 0 Å². The lowest BCUT2D eigenvalue weighted by Gasteiger charge is -2.67. The molecule has 1 unspecified atom stereocenters. The second-order valence-corrected chi connectivity index (χ2v) is 20.2. The maximum Gasteiger partial charge on any atom is 0.407 e. The Morgan fingerprint density at radius 1 is 0.885 bits per heavy atom. The molecule has 0 aromatic rings. The minimum absolute atomic E-state index is 0.0589. The Balaban J connectivity index is 1.50. The number of alkyl carbamates (subject to hydrolysis) is 1. The maximum atomic E-state index is 15.5. The monoisotopic (exact) mass is 861 g/mol. The molecule has 0 aromatic carbocycles. The first-order valence-electron chi connectivity index (χ1n) is 22.1. The summed E-state index contributed by atoms with van der Waals surface area (Å²) in [5.74, 6) is -6.50. The molecule has 0 spiro atoms. The van der Waals surface area contributed by atoms with Crippen LogP contribution in [0.15, 0.2) is 11.1 Å². The highest BCUT2D eigenvalue weighted by molar-refractivity contribution is 5.95. The number of Topliss-reactive ketones (excluding diaryl/α,β-unsaturated/α-hetero) is 1. The van der Waals surface area contributed by atoms with Crippen molar-refractivity contribution in [2.24, 2.45) is 28.6 Å². The van der Waals surface area contributed by atoms with Crippen LogP contribution in [0.25, 0.3) is 0 Å². The lowest BCUT2D eigenvalue weighted by molar-refractivity contribution is -0.347. The van der Waals surface area contributed by atoms with Gasteiger partial charge in [0, 0.05) is 32.1 Å². The average Bonchev–Trinajstić information content (AvgIpc) is 3.17. The molecule has 342 valence electrons. The number of aliphatic hydroxyl groups excluding tert-OH is 2. The molecule has 6 rings (SSSR count). The van der Waals surface area contributed by atoms with Crippen molar-refractivity contribution < 1.29 is 72.5 Å². The van der Waals surface area contributed by atoms with Gasteiger partial charge < -0.3 is 49.1 Å². The number of carbonyl (C=O) groups is 6. The van der Waals surface area contributed by atoms with E-state index in [0.717, 1.165) is 45.4 Å². The van der Waals surface area contributed by atoms with Crippen LogP contribution in [0.5, 0.6) is 0 Å². The predicted octanol–water partition coefficient (Wildman–Crippen LogP) is 4.30. The number of esters is 4. The van der Waals surface area contributed by atoms with E-state index in [1.165, 1.54) is 13.8 Å². The van der Waals surface area contributed by atoms with Crippen molar-refractivity contribution in [1.29, 1.82) is 0 Å². The smallest absolute Gasteiger partial charge is 0.407 e. The minimum Gasteiger partial charge on any atom is -0.459 e. The van der Waals surface area contributed by atoms with E-state index < -0.39 is 124 Å². The summed E-state index contributed by atoms with van der Waals surface area (Å²) in [4.78, 5) is 83.3. The molecule has 61 heavy (non-hydrogen) atoms. The van der Waals surface area contributed by atoms with Crippen molar-refractivity contribution in [2.45, 2.75) is 199 Å². The van der Waals surface area contributed by atoms with Gasteiger partial charge >= 0.3 is 30.0 Å². The second-order valence-electron chi connectivity index (χ2n) is 20.2. The maximum absolute atomic E-state index is 15.5. The van der Waals surface area contributed by atoms with E-state index in [9.17, 15) is 39.3 Å². The summed E-state index contributed by atoms with van der Waals surface area (Å²) in [6, 6.07) is -1.10. The van der Waals surface area contributed by atoms with E-state index in [-0.39, 0.29) is 30.1 Å². The Morgan fingerprint density at radius 3 is 2.03 bits per heavy atom. The van der Waals surface area contributed by atoms with E-state index in [4.69, 9.17) is 28.4 Å². The van der Waals surface area contributed by atoms with Gasteiger partial charge in [0.25, 0.3) is 0 Å². The lowest BCUT2D eigenvalue weighted by Crippen LogP contribution is -2.82. The third kappa shape index (κ3) is 8.47. The summed E-state index contributed by atoms with van der Waals surface area (Å²) in [7, 11) is 0. The van der Waals surface area contributed by atoms with Gasteiger partial charge in [-0.1, -0.05) is 52.4 Å². The van der Waals surface area contributed by atoms with Crippen molar-refractivity contribution in [1.82, 2.24) is 5.32 Å². The topological polar surface area (TPSA) is 231 Å². The van der Waals surface area contributed by atoms with Crippen LogP contribution in [-0.4, -0.2) is 117 Å². The van der Waals surface area contributed by atoms with Crippen LogP contribution in [0, 0.1) is 28.6 Å². The third-order valence-electron chi connectivity index (χ3n) is 14.8. The lowest BCUT2D eigenvalue weighted by atomic mass is 9.44. The fourth-order valence-corrected chi connectivity index (χ4v) is 11.6. The average molecular weight is 862 g/mol. The number of rotatable bonds is 9. The van der Waals surface area contributed by atoms with E-state index in [1.54, 1.807) is 41.5 Å². The van der Waals surface area contributed by atoms with Crippen molar-refractivity contribution in [3.8, 4) is 0 Å². The number of nitrogens with one attached hydrogen (secondary N) is 1. The Bertz CT molecular complexity index is 1770. The Hall–Kier alpha value is -3.60. The fourth-order valence-electron chi connectivity index (χ4n) is 11.6. The zero-order valence-corrected chi connectivity index (χ0v) is 37.2. The van der Waals surface area contributed by atoms with Crippen LogP contribution >= 0.6 is 0 Å². The minimum atomic E-state index is -2.30. The van der Waals surface area contributed by atoms with Gasteiger partial charge in [-0.05, 0) is 77.4 Å². The summed E-state index contributed by atoms with van der Waals surface area (Å²) >= 11 is 0. The molecule has 2 bridgehead atoms. The second kappa shape index (κ2) is 17.2. The molecule has 1 heterocycles. The number of amides is 1. The van der Waals surface area contributed by atoms with E-state index in [0.29, 0.717) is 25.7 Å². The van der Waals surface area contributed by atoms with Crippen molar-refractivity contribution >= 4 is 35.8 Å². The van der Waals surface area contributed by atoms with E-state index in [2.05, 4.69) is 5.32 Å². The van der Waals surface area contributed by atoms with Crippen LogP contribution in [0.2, 0.25) is 0 Å². The first-order valence-corrected chi connectivity index (χ1v) is 22.1. The molecule has 1 aliphatic heterocycles. The molecule has 1 amide bonds. The molecule has 5 aliphatic carbocycles. The summed E-state index contributed by atoms with van der Waals surface area (Å²) in [5.41, 5.74) is -8.16. The number of ether oxygens (including phenoxy) is 6. The van der Waals surface area contributed by atoms with Crippen LogP contribution in [0.3, 0.4) is 0 Å². The van der Waals surface area contributed by atoms with Gasteiger partial charge in [0.15, 0.2) is 23.6 Å². The molecule has 4 saturated carbocycles. The van der Waals surface area contributed by atoms with Gasteiger partial charge in [0.2, 0.25) is 0 Å². The molecule has 11 atom stereocenters. The molecule has 4 N–H and O–H groups in total. The molecular weight excluding hydrogens is 794 g/mol. The summed E-state index contributed by atoms with van der Waals surface area (Å²) < 4.78 is 36.1. The quantitative estimate of drug-likeness (QED) is 0.144. The largest absolute Gasteiger partial charge is 0.459 e. The molecule has 6 aliphatic rings. The molecule has 16 nitrogen and oxygen atoms in total. The highest BCUT2D eigenvalue weighted by Crippen LogP contribution is 2.64. The van der Waals surface area contributed by atoms with Crippen molar-refractivity contribution in [3.05, 3.63) is 11.1 Å². The van der Waals surface area contributed by atoms with Gasteiger partial charge in [0.05, 0.1) is 36.0 Å². The van der Waals surface area contributed by atoms with Gasteiger partial charge in [-0.25, -0.2) is 9.59 Å². The predicted molar refractivity (Wildman–Crippen MR) is 215 cm³/mol. The van der Waals surface area contributed by atoms with Crippen LogP contribution in [0.1, 0.15) is 139 Å². The Morgan fingerprint density at radius 2 is 1.49 bits per heavy atom. The van der Waals surface area contributed by atoms with Crippen LogP contribution in [-0.2, 0) is 52.4 Å². The number of hydrogen-bond acceptors (Lipinski definition) is 15. The number of aliphatic hydroxyl groups is 3. The van der Waals surface area contributed by atoms with Crippen LogP contribution in [0.4, 0.5) is 4.79 Å². The Kier molecular flexibility index (Phi) is 13.2. The third-order valence-corrected chi connectivity index (χ3v) is 14.8. The van der Waals surface area contributed by atoms with Gasteiger partial charge in [0.1, 0.15) is 29.5 Å². The molecule has 0 radical (unpaired) electrons.